The molecule has 0 aliphatic heterocycles. The third kappa shape index (κ3) is 5.89. The average Bonchev–Trinajstić information content (AvgIpc) is 2.96. The highest BCUT2D eigenvalue weighted by molar-refractivity contribution is 5.79. The van der Waals surface area contributed by atoms with Crippen LogP contribution in [-0.2, 0) is 17.4 Å². The number of alkyl halides is 3. The zero-order valence-electron chi connectivity index (χ0n) is 14.7. The van der Waals surface area contributed by atoms with E-state index in [4.69, 9.17) is 4.74 Å². The van der Waals surface area contributed by atoms with Crippen LogP contribution in [0.15, 0.2) is 17.4 Å². The molecule has 25 heavy (non-hydrogen) atoms. The summed E-state index contributed by atoms with van der Waals surface area (Å²) in [6.07, 6.45) is -2.92. The Balaban J connectivity index is 2.79. The molecule has 1 heterocycles. The minimum atomic E-state index is -4.86. The summed E-state index contributed by atoms with van der Waals surface area (Å²) < 4.78 is 46.6. The number of aliphatic hydroxyl groups is 1. The molecule has 1 rings (SSSR count). The van der Waals surface area contributed by atoms with Crippen LogP contribution in [0.2, 0.25) is 0 Å². The average molecular weight is 365 g/mol. The molecule has 7 nitrogen and oxygen atoms in total. The van der Waals surface area contributed by atoms with Crippen molar-refractivity contribution in [3.8, 4) is 0 Å². The van der Waals surface area contributed by atoms with E-state index >= 15 is 0 Å². The number of rotatable bonds is 9. The van der Waals surface area contributed by atoms with Gasteiger partial charge in [-0.15, -0.1) is 0 Å². The Labute approximate surface area is 145 Å². The van der Waals surface area contributed by atoms with Crippen LogP contribution in [0.4, 0.5) is 13.2 Å². The van der Waals surface area contributed by atoms with Gasteiger partial charge in [-0.05, 0) is 13.8 Å². The first-order chi connectivity index (χ1) is 11.8. The Bertz CT molecular complexity index is 548. The zero-order valence-corrected chi connectivity index (χ0v) is 14.7. The number of nitrogens with zero attached hydrogens (tertiary/aromatic N) is 3. The number of imidazole rings is 1. The molecule has 0 bridgehead atoms. The van der Waals surface area contributed by atoms with Crippen molar-refractivity contribution in [1.82, 2.24) is 20.2 Å². The van der Waals surface area contributed by atoms with Crippen LogP contribution in [0.1, 0.15) is 26.1 Å². The van der Waals surface area contributed by atoms with Gasteiger partial charge >= 0.3 is 6.18 Å². The minimum Gasteiger partial charge on any atom is -0.380 e. The van der Waals surface area contributed by atoms with Crippen molar-refractivity contribution in [1.29, 1.82) is 0 Å². The first-order valence-corrected chi connectivity index (χ1v) is 8.13. The van der Waals surface area contributed by atoms with Crippen molar-refractivity contribution in [2.24, 2.45) is 12.0 Å². The molecule has 0 fully saturated rings. The molecule has 1 unspecified atom stereocenters. The van der Waals surface area contributed by atoms with E-state index in [-0.39, 0.29) is 6.54 Å². The normalized spacial score (nSPS) is 15.1. The molecule has 0 aliphatic carbocycles. The smallest absolute Gasteiger partial charge is 0.380 e. The summed E-state index contributed by atoms with van der Waals surface area (Å²) in [5.41, 5.74) is -3.06. The largest absolute Gasteiger partial charge is 0.424 e. The second-order valence-corrected chi connectivity index (χ2v) is 5.35. The quantitative estimate of drug-likeness (QED) is 0.347. The Morgan fingerprint density at radius 1 is 1.36 bits per heavy atom. The number of halogens is 3. The first-order valence-electron chi connectivity index (χ1n) is 8.13. The topological polar surface area (TPSA) is 83.7 Å². The Morgan fingerprint density at radius 3 is 2.60 bits per heavy atom. The predicted molar refractivity (Wildman–Crippen MR) is 88.3 cm³/mol. The Kier molecular flexibility index (Phi) is 8.17. The molecule has 0 saturated heterocycles. The fourth-order valence-electron chi connectivity index (χ4n) is 2.20. The van der Waals surface area contributed by atoms with E-state index in [1.165, 1.54) is 19.4 Å². The standard InChI is InChI=1S/C15H26F3N5O2/c1-4-19-13(22-9-11-25-5-2)21-7-6-14(24,15(16,17)18)12-20-8-10-23(12)3/h8,10,24H,4-7,9,11H2,1-3H3,(H2,19,21,22). The molecule has 0 spiro atoms. The van der Waals surface area contributed by atoms with E-state index in [9.17, 15) is 18.3 Å². The van der Waals surface area contributed by atoms with Gasteiger partial charge in [0.15, 0.2) is 5.96 Å². The van der Waals surface area contributed by atoms with Gasteiger partial charge in [0, 0.05) is 52.1 Å². The lowest BCUT2D eigenvalue weighted by atomic mass is 9.98. The molecule has 1 atom stereocenters. The molecule has 1 aromatic rings. The van der Waals surface area contributed by atoms with Gasteiger partial charge < -0.3 is 25.0 Å². The second kappa shape index (κ2) is 9.62. The summed E-state index contributed by atoms with van der Waals surface area (Å²) in [5.74, 6) is -0.0870. The van der Waals surface area contributed by atoms with Gasteiger partial charge in [0.2, 0.25) is 5.60 Å². The van der Waals surface area contributed by atoms with Gasteiger partial charge in [0.05, 0.1) is 6.61 Å². The summed E-state index contributed by atoms with van der Waals surface area (Å²) >= 11 is 0. The second-order valence-electron chi connectivity index (χ2n) is 5.35. The molecule has 0 saturated carbocycles. The van der Waals surface area contributed by atoms with Crippen LogP contribution in [-0.4, -0.2) is 59.6 Å². The van der Waals surface area contributed by atoms with Gasteiger partial charge in [0.1, 0.15) is 5.82 Å². The van der Waals surface area contributed by atoms with Crippen LogP contribution in [0, 0.1) is 0 Å². The summed E-state index contributed by atoms with van der Waals surface area (Å²) in [6.45, 7) is 5.56. The number of aliphatic imine (C=N–C) groups is 1. The number of guanidine groups is 1. The van der Waals surface area contributed by atoms with Crippen LogP contribution in [0.3, 0.4) is 0 Å². The maximum atomic E-state index is 13.4. The molecule has 0 amide bonds. The van der Waals surface area contributed by atoms with E-state index < -0.39 is 24.0 Å². The van der Waals surface area contributed by atoms with E-state index in [0.717, 1.165) is 4.57 Å². The van der Waals surface area contributed by atoms with Gasteiger partial charge in [-0.1, -0.05) is 0 Å². The molecule has 10 heteroatoms. The highest BCUT2D eigenvalue weighted by Gasteiger charge is 2.57. The summed E-state index contributed by atoms with van der Waals surface area (Å²) in [7, 11) is 1.40. The lowest BCUT2D eigenvalue weighted by molar-refractivity contribution is -0.272. The third-order valence-corrected chi connectivity index (χ3v) is 3.49. The zero-order chi connectivity index (χ0) is 18.9. The SMILES string of the molecule is CCNC(=NCCC(O)(c1nccn1C)C(F)(F)F)NCCOCC. The number of aromatic nitrogens is 2. The van der Waals surface area contributed by atoms with E-state index in [2.05, 4.69) is 20.6 Å². The number of hydrogen-bond acceptors (Lipinski definition) is 4. The van der Waals surface area contributed by atoms with Crippen molar-refractivity contribution < 1.29 is 23.0 Å². The Morgan fingerprint density at radius 2 is 2.08 bits per heavy atom. The van der Waals surface area contributed by atoms with Crippen LogP contribution >= 0.6 is 0 Å². The third-order valence-electron chi connectivity index (χ3n) is 3.49. The molecule has 0 aromatic carbocycles. The number of nitrogens with one attached hydrogen (secondary N) is 2. The summed E-state index contributed by atoms with van der Waals surface area (Å²) in [6, 6.07) is 0. The fraction of sp³-hybridized carbons (Fsp3) is 0.733. The molecule has 0 radical (unpaired) electrons. The van der Waals surface area contributed by atoms with Crippen molar-refractivity contribution in [2.45, 2.75) is 32.0 Å². The fourth-order valence-corrected chi connectivity index (χ4v) is 2.20. The van der Waals surface area contributed by atoms with Crippen LogP contribution in [0.25, 0.3) is 0 Å². The highest BCUT2D eigenvalue weighted by atomic mass is 19.4. The minimum absolute atomic E-state index is 0.229. The molecule has 3 N–H and O–H groups in total. The summed E-state index contributed by atoms with van der Waals surface area (Å²) in [5, 5.41) is 16.1. The monoisotopic (exact) mass is 365 g/mol. The van der Waals surface area contributed by atoms with Crippen LogP contribution in [0.5, 0.6) is 0 Å². The van der Waals surface area contributed by atoms with Crippen molar-refractivity contribution in [3.63, 3.8) is 0 Å². The number of aryl methyl sites for hydroxylation is 1. The van der Waals surface area contributed by atoms with E-state index in [0.29, 0.717) is 32.3 Å². The Hall–Kier alpha value is -1.81. The molecule has 144 valence electrons. The molecule has 0 aliphatic rings. The van der Waals surface area contributed by atoms with Crippen molar-refractivity contribution in [2.75, 3.05) is 32.8 Å². The lowest BCUT2D eigenvalue weighted by Crippen LogP contribution is -2.45. The first kappa shape index (κ1) is 21.2. The van der Waals surface area contributed by atoms with Gasteiger partial charge in [-0.2, -0.15) is 13.2 Å². The van der Waals surface area contributed by atoms with Crippen molar-refractivity contribution in [3.05, 3.63) is 18.2 Å². The molecular formula is C15H26F3N5O2. The predicted octanol–water partition coefficient (Wildman–Crippen LogP) is 1.15. The van der Waals surface area contributed by atoms with E-state index in [1.54, 1.807) is 0 Å². The van der Waals surface area contributed by atoms with Crippen LogP contribution < -0.4 is 10.6 Å². The van der Waals surface area contributed by atoms with Gasteiger partial charge in [-0.3, -0.25) is 4.99 Å². The number of hydrogen-bond donors (Lipinski definition) is 3. The molecule has 1 aromatic heterocycles. The maximum Gasteiger partial charge on any atom is 0.424 e. The highest BCUT2D eigenvalue weighted by Crippen LogP contribution is 2.40. The van der Waals surface area contributed by atoms with Gasteiger partial charge in [0.25, 0.3) is 0 Å². The van der Waals surface area contributed by atoms with Crippen molar-refractivity contribution >= 4 is 5.96 Å². The van der Waals surface area contributed by atoms with E-state index in [1.807, 2.05) is 13.8 Å². The summed E-state index contributed by atoms with van der Waals surface area (Å²) in [4.78, 5) is 7.75. The van der Waals surface area contributed by atoms with Gasteiger partial charge in [-0.25, -0.2) is 4.98 Å². The maximum absolute atomic E-state index is 13.4. The lowest BCUT2D eigenvalue weighted by Gasteiger charge is -2.29. The molecular weight excluding hydrogens is 339 g/mol. The number of ether oxygens (including phenoxy) is 1.